The fourth-order valence-corrected chi connectivity index (χ4v) is 3.14. The number of H-pyrrole nitrogens is 1. The van der Waals surface area contributed by atoms with Crippen molar-refractivity contribution in [2.75, 3.05) is 0 Å². The highest BCUT2D eigenvalue weighted by Gasteiger charge is 2.07. The Hall–Kier alpha value is -3.03. The smallest absolute Gasteiger partial charge is 0.216 e. The largest absolute Gasteiger partial charge is 0.489 e. The number of aromatic nitrogens is 3. The van der Waals surface area contributed by atoms with E-state index in [1.54, 1.807) is 10.9 Å². The molecule has 0 radical (unpaired) electrons. The summed E-state index contributed by atoms with van der Waals surface area (Å²) in [5, 5.41) is 11.6. The van der Waals surface area contributed by atoms with Crippen LogP contribution in [0.5, 0.6) is 5.75 Å². The van der Waals surface area contributed by atoms with Crippen molar-refractivity contribution in [3.8, 4) is 17.1 Å². The quantitative estimate of drug-likeness (QED) is 0.288. The lowest BCUT2D eigenvalue weighted by atomic mass is 10.2. The highest BCUT2D eigenvalue weighted by molar-refractivity contribution is 9.10. The van der Waals surface area contributed by atoms with Crippen molar-refractivity contribution in [2.24, 2.45) is 5.10 Å². The third-order valence-electron chi connectivity index (χ3n) is 4.20. The predicted octanol–water partition coefficient (Wildman–Crippen LogP) is 5.83. The van der Waals surface area contributed by atoms with Crippen LogP contribution in [0.3, 0.4) is 0 Å². The van der Waals surface area contributed by atoms with Crippen LogP contribution in [-0.4, -0.2) is 21.1 Å². The summed E-state index contributed by atoms with van der Waals surface area (Å²) in [4.78, 5) is 0. The molecule has 1 N–H and O–H groups in total. The molecule has 4 rings (SSSR count). The standard InChI is InChI=1S/C22H17BrN4OS/c23-19-10-6-17(7-11-19)15-28-20-12-8-16(9-13-20)14-24-27-21(25-26-22(27)29)18-4-2-1-3-5-18/h1-14H,15H2,(H,26,29)/b24-14+. The molecule has 4 aromatic rings. The second-order valence-electron chi connectivity index (χ2n) is 6.26. The molecular weight excluding hydrogens is 448 g/mol. The Kier molecular flexibility index (Phi) is 5.97. The van der Waals surface area contributed by atoms with Crippen molar-refractivity contribution in [3.05, 3.63) is 99.2 Å². The maximum Gasteiger partial charge on any atom is 0.216 e. The van der Waals surface area contributed by atoms with Gasteiger partial charge in [0.2, 0.25) is 4.77 Å². The van der Waals surface area contributed by atoms with Crippen molar-refractivity contribution < 1.29 is 4.74 Å². The minimum Gasteiger partial charge on any atom is -0.489 e. The highest BCUT2D eigenvalue weighted by atomic mass is 79.9. The Morgan fingerprint density at radius 1 is 1.00 bits per heavy atom. The Balaban J connectivity index is 1.45. The highest BCUT2D eigenvalue weighted by Crippen LogP contribution is 2.18. The zero-order valence-electron chi connectivity index (χ0n) is 15.3. The SMILES string of the molecule is S=c1[nH]nc(-c2ccccc2)n1/N=C/c1ccc(OCc2ccc(Br)cc2)cc1. The molecule has 29 heavy (non-hydrogen) atoms. The molecule has 0 aliphatic heterocycles. The summed E-state index contributed by atoms with van der Waals surface area (Å²) in [5.74, 6) is 1.47. The van der Waals surface area contributed by atoms with Gasteiger partial charge in [0.1, 0.15) is 12.4 Å². The van der Waals surface area contributed by atoms with Gasteiger partial charge in [-0.15, -0.1) is 0 Å². The lowest BCUT2D eigenvalue weighted by molar-refractivity contribution is 0.306. The van der Waals surface area contributed by atoms with Gasteiger partial charge in [0.05, 0.1) is 6.21 Å². The van der Waals surface area contributed by atoms with Gasteiger partial charge in [0.25, 0.3) is 0 Å². The van der Waals surface area contributed by atoms with Crippen molar-refractivity contribution in [3.63, 3.8) is 0 Å². The maximum absolute atomic E-state index is 5.84. The number of aromatic amines is 1. The number of nitrogens with one attached hydrogen (secondary N) is 1. The minimum atomic E-state index is 0.439. The first kappa shape index (κ1) is 19.3. The van der Waals surface area contributed by atoms with Crippen LogP contribution in [0.4, 0.5) is 0 Å². The van der Waals surface area contributed by atoms with Crippen LogP contribution in [0.1, 0.15) is 11.1 Å². The normalized spacial score (nSPS) is 11.1. The second kappa shape index (κ2) is 8.98. The van der Waals surface area contributed by atoms with E-state index in [2.05, 4.69) is 31.2 Å². The monoisotopic (exact) mass is 464 g/mol. The van der Waals surface area contributed by atoms with Crippen LogP contribution in [0.15, 0.2) is 88.4 Å². The molecule has 0 saturated heterocycles. The first-order valence-corrected chi connectivity index (χ1v) is 10.1. The van der Waals surface area contributed by atoms with E-state index in [9.17, 15) is 0 Å². The number of nitrogens with zero attached hydrogens (tertiary/aromatic N) is 3. The first-order valence-electron chi connectivity index (χ1n) is 8.93. The Labute approximate surface area is 181 Å². The van der Waals surface area contributed by atoms with Crippen LogP contribution in [-0.2, 0) is 6.61 Å². The lowest BCUT2D eigenvalue weighted by Gasteiger charge is -2.06. The molecule has 0 amide bonds. The van der Waals surface area contributed by atoms with Gasteiger partial charge in [-0.2, -0.15) is 14.9 Å². The fraction of sp³-hybridized carbons (Fsp3) is 0.0455. The molecule has 1 heterocycles. The summed E-state index contributed by atoms with van der Waals surface area (Å²) in [7, 11) is 0. The molecule has 3 aromatic carbocycles. The molecule has 5 nitrogen and oxygen atoms in total. The summed E-state index contributed by atoms with van der Waals surface area (Å²) < 4.78 is 8.94. The number of hydrogen-bond acceptors (Lipinski definition) is 4. The van der Waals surface area contributed by atoms with Crippen LogP contribution >= 0.6 is 28.1 Å². The van der Waals surface area contributed by atoms with E-state index >= 15 is 0 Å². The molecule has 144 valence electrons. The minimum absolute atomic E-state index is 0.439. The first-order chi connectivity index (χ1) is 14.2. The summed E-state index contributed by atoms with van der Waals surface area (Å²) in [6, 6.07) is 25.6. The topological polar surface area (TPSA) is 55.2 Å². The van der Waals surface area contributed by atoms with Crippen LogP contribution < -0.4 is 4.74 Å². The van der Waals surface area contributed by atoms with E-state index in [4.69, 9.17) is 17.0 Å². The molecular formula is C22H17BrN4OS. The number of ether oxygens (including phenoxy) is 1. The molecule has 0 aliphatic carbocycles. The van der Waals surface area contributed by atoms with E-state index < -0.39 is 0 Å². The van der Waals surface area contributed by atoms with E-state index in [-0.39, 0.29) is 0 Å². The second-order valence-corrected chi connectivity index (χ2v) is 7.56. The van der Waals surface area contributed by atoms with Gasteiger partial charge in [0, 0.05) is 10.0 Å². The fourth-order valence-electron chi connectivity index (χ4n) is 2.69. The van der Waals surface area contributed by atoms with Gasteiger partial charge in [-0.25, -0.2) is 5.10 Å². The summed E-state index contributed by atoms with van der Waals surface area (Å²) in [5.41, 5.74) is 2.98. The molecule has 0 fully saturated rings. The van der Waals surface area contributed by atoms with E-state index in [0.29, 0.717) is 17.2 Å². The zero-order chi connectivity index (χ0) is 20.1. The molecule has 0 unspecified atom stereocenters. The van der Waals surface area contributed by atoms with Gasteiger partial charge in [-0.1, -0.05) is 58.4 Å². The molecule has 0 bridgehead atoms. The summed E-state index contributed by atoms with van der Waals surface area (Å²) in [6.45, 7) is 0.519. The zero-order valence-corrected chi connectivity index (χ0v) is 17.7. The molecule has 0 spiro atoms. The summed E-state index contributed by atoms with van der Waals surface area (Å²) in [6.07, 6.45) is 1.75. The average molecular weight is 465 g/mol. The molecule has 0 saturated carbocycles. The van der Waals surface area contributed by atoms with Gasteiger partial charge < -0.3 is 4.74 Å². The van der Waals surface area contributed by atoms with E-state index in [1.165, 1.54) is 0 Å². The summed E-state index contributed by atoms with van der Waals surface area (Å²) >= 11 is 8.74. The average Bonchev–Trinajstić information content (AvgIpc) is 3.13. The van der Waals surface area contributed by atoms with Crippen LogP contribution in [0, 0.1) is 4.77 Å². The van der Waals surface area contributed by atoms with Gasteiger partial charge >= 0.3 is 0 Å². The number of benzene rings is 3. The van der Waals surface area contributed by atoms with Crippen LogP contribution in [0.25, 0.3) is 11.4 Å². The van der Waals surface area contributed by atoms with E-state index in [1.807, 2.05) is 78.9 Å². The molecule has 0 atom stereocenters. The maximum atomic E-state index is 5.84. The Morgan fingerprint density at radius 2 is 1.72 bits per heavy atom. The number of hydrogen-bond donors (Lipinski definition) is 1. The molecule has 7 heteroatoms. The Morgan fingerprint density at radius 3 is 2.45 bits per heavy atom. The Bertz CT molecular complexity index is 1170. The van der Waals surface area contributed by atoms with Crippen molar-refractivity contribution in [1.82, 2.24) is 14.9 Å². The number of halogens is 1. The van der Waals surface area contributed by atoms with Crippen LogP contribution in [0.2, 0.25) is 0 Å². The number of rotatable bonds is 6. The van der Waals surface area contributed by atoms with Gasteiger partial charge in [-0.05, 0) is 59.7 Å². The van der Waals surface area contributed by atoms with Crippen molar-refractivity contribution in [2.45, 2.75) is 6.61 Å². The van der Waals surface area contributed by atoms with E-state index in [0.717, 1.165) is 26.9 Å². The lowest BCUT2D eigenvalue weighted by Crippen LogP contribution is -1.96. The molecule has 0 aliphatic rings. The van der Waals surface area contributed by atoms with Crippen molar-refractivity contribution in [1.29, 1.82) is 0 Å². The third kappa shape index (κ3) is 4.88. The van der Waals surface area contributed by atoms with Gasteiger partial charge in [-0.3, -0.25) is 0 Å². The van der Waals surface area contributed by atoms with Crippen molar-refractivity contribution >= 4 is 34.4 Å². The third-order valence-corrected chi connectivity index (χ3v) is 5.00. The molecule has 1 aromatic heterocycles. The predicted molar refractivity (Wildman–Crippen MR) is 121 cm³/mol. The van der Waals surface area contributed by atoms with Gasteiger partial charge in [0.15, 0.2) is 5.82 Å².